The molecule has 0 fully saturated rings. The van der Waals surface area contributed by atoms with Crippen LogP contribution >= 0.6 is 0 Å². The van der Waals surface area contributed by atoms with Gasteiger partial charge in [-0.05, 0) is 56.2 Å². The number of H-pyrrole nitrogens is 1. The van der Waals surface area contributed by atoms with Gasteiger partial charge in [0.15, 0.2) is 0 Å². The molecule has 4 aromatic heterocycles. The summed E-state index contributed by atoms with van der Waals surface area (Å²) in [5, 5.41) is 12.3. The predicted molar refractivity (Wildman–Crippen MR) is 156 cm³/mol. The van der Waals surface area contributed by atoms with Gasteiger partial charge >= 0.3 is 0 Å². The molecule has 11 heteroatoms. The third-order valence-corrected chi connectivity index (χ3v) is 7.48. The fourth-order valence-electron chi connectivity index (χ4n) is 5.15. The molecule has 0 saturated heterocycles. The molecule has 0 radical (unpaired) electrons. The van der Waals surface area contributed by atoms with Crippen molar-refractivity contribution in [2.24, 2.45) is 0 Å². The number of carbonyl (C=O) groups is 2. The second kappa shape index (κ2) is 12.7. The zero-order valence-corrected chi connectivity index (χ0v) is 23.6. The standard InChI is InChI=1S/C30H35N9O2/c1-19-24(20(2)39-30(36-19)34-18-35-39)11-12-28(41)37-25(7-5-4-6-8-27(40)31-3)29-33-17-26(38-29)22-10-9-21-13-14-32-16-23(21)15-22/h9-10,13-18,25H,4-8,11-12H2,1-3H3,(H,31,40)(H,33,38)(H,37,41)/t25-/m0/s1. The van der Waals surface area contributed by atoms with Crippen LogP contribution in [-0.4, -0.2) is 53.4 Å². The highest BCUT2D eigenvalue weighted by Crippen LogP contribution is 2.26. The molecule has 0 spiro atoms. The minimum atomic E-state index is -0.281. The summed E-state index contributed by atoms with van der Waals surface area (Å²) in [6.07, 6.45) is 11.5. The van der Waals surface area contributed by atoms with Gasteiger partial charge in [0.25, 0.3) is 5.78 Å². The number of nitrogens with one attached hydrogen (secondary N) is 3. The molecule has 1 atom stereocenters. The maximum atomic E-state index is 13.2. The lowest BCUT2D eigenvalue weighted by atomic mass is 10.0. The third-order valence-electron chi connectivity index (χ3n) is 7.48. The Kier molecular flexibility index (Phi) is 8.61. The van der Waals surface area contributed by atoms with Crippen LogP contribution in [0.25, 0.3) is 27.8 Å². The van der Waals surface area contributed by atoms with Gasteiger partial charge in [-0.3, -0.25) is 14.6 Å². The average molecular weight is 554 g/mol. The number of unbranched alkanes of at least 4 members (excludes halogenated alkanes) is 2. The van der Waals surface area contributed by atoms with E-state index in [1.54, 1.807) is 17.8 Å². The van der Waals surface area contributed by atoms with Crippen LogP contribution in [0.4, 0.5) is 0 Å². The van der Waals surface area contributed by atoms with Crippen LogP contribution in [0.3, 0.4) is 0 Å². The van der Waals surface area contributed by atoms with Crippen molar-refractivity contribution in [1.82, 2.24) is 45.2 Å². The smallest absolute Gasteiger partial charge is 0.252 e. The van der Waals surface area contributed by atoms with Gasteiger partial charge in [0.05, 0.1) is 17.9 Å². The van der Waals surface area contributed by atoms with E-state index in [4.69, 9.17) is 0 Å². The van der Waals surface area contributed by atoms with Crippen LogP contribution in [0, 0.1) is 13.8 Å². The molecule has 11 nitrogen and oxygen atoms in total. The van der Waals surface area contributed by atoms with Crippen molar-refractivity contribution < 1.29 is 9.59 Å². The van der Waals surface area contributed by atoms with E-state index in [0.717, 1.165) is 58.2 Å². The first-order valence-electron chi connectivity index (χ1n) is 14.0. The lowest BCUT2D eigenvalue weighted by Gasteiger charge is -2.17. The number of aromatic nitrogens is 7. The average Bonchev–Trinajstić information content (AvgIpc) is 3.66. The van der Waals surface area contributed by atoms with E-state index in [-0.39, 0.29) is 17.9 Å². The molecule has 41 heavy (non-hydrogen) atoms. The third kappa shape index (κ3) is 6.56. The Bertz CT molecular complexity index is 1670. The maximum Gasteiger partial charge on any atom is 0.252 e. The fraction of sp³-hybridized carbons (Fsp3) is 0.367. The minimum absolute atomic E-state index is 0.0419. The number of hydrogen-bond donors (Lipinski definition) is 3. The molecule has 4 heterocycles. The van der Waals surface area contributed by atoms with Crippen molar-refractivity contribution in [3.05, 3.63) is 72.0 Å². The van der Waals surface area contributed by atoms with Crippen molar-refractivity contribution in [2.45, 2.75) is 64.8 Å². The number of nitrogens with zero attached hydrogens (tertiary/aromatic N) is 6. The van der Waals surface area contributed by atoms with Crippen molar-refractivity contribution in [1.29, 1.82) is 0 Å². The van der Waals surface area contributed by atoms with Crippen LogP contribution in [-0.2, 0) is 16.0 Å². The maximum absolute atomic E-state index is 13.2. The number of rotatable bonds is 12. The Morgan fingerprint density at radius 3 is 2.73 bits per heavy atom. The highest BCUT2D eigenvalue weighted by molar-refractivity contribution is 5.86. The zero-order chi connectivity index (χ0) is 28.8. The Hall–Kier alpha value is -4.67. The molecule has 3 N–H and O–H groups in total. The molecular weight excluding hydrogens is 518 g/mol. The van der Waals surface area contributed by atoms with Gasteiger partial charge in [-0.15, -0.1) is 0 Å². The molecule has 5 aromatic rings. The van der Waals surface area contributed by atoms with Gasteiger partial charge in [0, 0.05) is 54.6 Å². The molecule has 2 amide bonds. The number of fused-ring (bicyclic) bond motifs is 2. The second-order valence-electron chi connectivity index (χ2n) is 10.2. The summed E-state index contributed by atoms with van der Waals surface area (Å²) in [4.78, 5) is 45.8. The lowest BCUT2D eigenvalue weighted by Crippen LogP contribution is -2.29. The van der Waals surface area contributed by atoms with Crippen LogP contribution in [0.2, 0.25) is 0 Å². The largest absolute Gasteiger partial charge is 0.359 e. The van der Waals surface area contributed by atoms with E-state index in [1.165, 1.54) is 6.33 Å². The summed E-state index contributed by atoms with van der Waals surface area (Å²) < 4.78 is 1.70. The van der Waals surface area contributed by atoms with Gasteiger partial charge in [0.1, 0.15) is 12.2 Å². The minimum Gasteiger partial charge on any atom is -0.359 e. The molecule has 0 aliphatic rings. The van der Waals surface area contributed by atoms with Crippen molar-refractivity contribution in [3.8, 4) is 11.3 Å². The molecule has 0 unspecified atom stereocenters. The molecule has 0 aliphatic carbocycles. The predicted octanol–water partition coefficient (Wildman–Crippen LogP) is 4.17. The normalized spacial score (nSPS) is 12.1. The lowest BCUT2D eigenvalue weighted by molar-refractivity contribution is -0.122. The first-order valence-corrected chi connectivity index (χ1v) is 14.0. The summed E-state index contributed by atoms with van der Waals surface area (Å²) >= 11 is 0. The van der Waals surface area contributed by atoms with Gasteiger partial charge in [-0.2, -0.15) is 10.1 Å². The second-order valence-corrected chi connectivity index (χ2v) is 10.2. The fourth-order valence-corrected chi connectivity index (χ4v) is 5.15. The van der Waals surface area contributed by atoms with E-state index < -0.39 is 0 Å². The summed E-state index contributed by atoms with van der Waals surface area (Å²) in [6.45, 7) is 3.90. The van der Waals surface area contributed by atoms with Crippen LogP contribution in [0.1, 0.15) is 67.3 Å². The monoisotopic (exact) mass is 553 g/mol. The first-order chi connectivity index (χ1) is 19.9. The van der Waals surface area contributed by atoms with E-state index in [0.29, 0.717) is 37.3 Å². The first kappa shape index (κ1) is 27.9. The topological polar surface area (TPSA) is 143 Å². The van der Waals surface area contributed by atoms with Crippen molar-refractivity contribution >= 4 is 28.4 Å². The van der Waals surface area contributed by atoms with Gasteiger partial charge in [0.2, 0.25) is 11.8 Å². The Balaban J connectivity index is 1.29. The Morgan fingerprint density at radius 2 is 1.88 bits per heavy atom. The summed E-state index contributed by atoms with van der Waals surface area (Å²) in [7, 11) is 1.65. The van der Waals surface area contributed by atoms with E-state index in [1.807, 2.05) is 32.3 Å². The zero-order valence-electron chi connectivity index (χ0n) is 23.6. The number of aryl methyl sites for hydroxylation is 2. The van der Waals surface area contributed by atoms with E-state index in [2.05, 4.69) is 58.9 Å². The molecule has 1 aromatic carbocycles. The van der Waals surface area contributed by atoms with Crippen molar-refractivity contribution in [2.75, 3.05) is 7.05 Å². The Morgan fingerprint density at radius 1 is 1.00 bits per heavy atom. The van der Waals surface area contributed by atoms with E-state index >= 15 is 0 Å². The highest BCUT2D eigenvalue weighted by Gasteiger charge is 2.20. The number of carbonyl (C=O) groups excluding carboxylic acids is 2. The molecule has 0 saturated carbocycles. The molecule has 5 rings (SSSR count). The van der Waals surface area contributed by atoms with Crippen LogP contribution in [0.5, 0.6) is 0 Å². The molecular formula is C30H35N9O2. The quantitative estimate of drug-likeness (QED) is 0.197. The number of imidazole rings is 1. The van der Waals surface area contributed by atoms with Crippen LogP contribution in [0.15, 0.2) is 49.2 Å². The SMILES string of the molecule is CNC(=O)CCCCC[C@H](NC(=O)CCc1c(C)nc2ncnn2c1C)c1ncc(-c2ccc3ccncc3c2)[nH]1. The van der Waals surface area contributed by atoms with Crippen LogP contribution < -0.4 is 10.6 Å². The number of amides is 2. The number of hydrogen-bond acceptors (Lipinski definition) is 7. The molecule has 0 aliphatic heterocycles. The van der Waals surface area contributed by atoms with Crippen molar-refractivity contribution in [3.63, 3.8) is 0 Å². The summed E-state index contributed by atoms with van der Waals surface area (Å²) in [5.74, 6) is 1.25. The van der Waals surface area contributed by atoms with Gasteiger partial charge in [-0.25, -0.2) is 14.5 Å². The number of benzene rings is 1. The van der Waals surface area contributed by atoms with Gasteiger partial charge < -0.3 is 15.6 Å². The summed E-state index contributed by atoms with van der Waals surface area (Å²) in [5.41, 5.74) is 4.66. The Labute approximate surface area is 238 Å². The number of aromatic amines is 1. The van der Waals surface area contributed by atoms with Gasteiger partial charge in [-0.1, -0.05) is 25.0 Å². The molecule has 0 bridgehead atoms. The highest BCUT2D eigenvalue weighted by atomic mass is 16.2. The molecule has 212 valence electrons. The number of pyridine rings is 1. The van der Waals surface area contributed by atoms with E-state index in [9.17, 15) is 9.59 Å². The summed E-state index contributed by atoms with van der Waals surface area (Å²) in [6, 6.07) is 7.90.